The van der Waals surface area contributed by atoms with E-state index in [-0.39, 0.29) is 49.0 Å². The van der Waals surface area contributed by atoms with E-state index in [9.17, 15) is 13.2 Å². The van der Waals surface area contributed by atoms with Gasteiger partial charge in [-0.15, -0.1) is 0 Å². The summed E-state index contributed by atoms with van der Waals surface area (Å²) in [6.45, 7) is 6.90. The van der Waals surface area contributed by atoms with Crippen LogP contribution in [-0.4, -0.2) is 63.8 Å². The predicted molar refractivity (Wildman–Crippen MR) is 119 cm³/mol. The Morgan fingerprint density at radius 1 is 1.00 bits per heavy atom. The first-order chi connectivity index (χ1) is 15.3. The molecule has 0 amide bonds. The molecule has 8 nitrogen and oxygen atoms in total. The second-order valence-corrected chi connectivity index (χ2v) is 9.43. The number of nitrogens with zero attached hydrogens (tertiary/aromatic N) is 1. The maximum Gasteiger partial charge on any atom is 0.338 e. The molecule has 0 aliphatic carbocycles. The highest BCUT2D eigenvalue weighted by atomic mass is 32.2. The molecule has 0 radical (unpaired) electrons. The molecular formula is C23H29NO7S. The minimum atomic E-state index is -3.74. The fraction of sp³-hybridized carbons (Fsp3) is 0.435. The lowest BCUT2D eigenvalue weighted by Gasteiger charge is -2.34. The zero-order valence-corrected chi connectivity index (χ0v) is 19.3. The number of carbonyl (C=O) groups excluding carboxylic acids is 1. The van der Waals surface area contributed by atoms with Gasteiger partial charge in [0.15, 0.2) is 0 Å². The van der Waals surface area contributed by atoms with Crippen LogP contribution in [0.5, 0.6) is 11.5 Å². The van der Waals surface area contributed by atoms with Crippen LogP contribution in [-0.2, 0) is 19.5 Å². The predicted octanol–water partition coefficient (Wildman–Crippen LogP) is 3.12. The average molecular weight is 464 g/mol. The molecule has 0 saturated carbocycles. The summed E-state index contributed by atoms with van der Waals surface area (Å²) < 4.78 is 49.2. The normalized spacial score (nSPS) is 19.3. The monoisotopic (exact) mass is 463 g/mol. The van der Waals surface area contributed by atoms with Crippen LogP contribution in [0.4, 0.5) is 0 Å². The van der Waals surface area contributed by atoms with E-state index in [1.807, 2.05) is 20.8 Å². The summed E-state index contributed by atoms with van der Waals surface area (Å²) in [4.78, 5) is 12.5. The van der Waals surface area contributed by atoms with Crippen LogP contribution in [0.15, 0.2) is 53.4 Å². The zero-order chi connectivity index (χ0) is 23.1. The molecule has 0 N–H and O–H groups in total. The Morgan fingerprint density at radius 3 is 2.25 bits per heavy atom. The summed E-state index contributed by atoms with van der Waals surface area (Å²) in [6.07, 6.45) is -0.394. The number of esters is 1. The van der Waals surface area contributed by atoms with Gasteiger partial charge >= 0.3 is 5.97 Å². The van der Waals surface area contributed by atoms with Crippen molar-refractivity contribution in [2.45, 2.75) is 37.9 Å². The van der Waals surface area contributed by atoms with E-state index in [1.54, 1.807) is 24.3 Å². The Bertz CT molecular complexity index is 997. The second kappa shape index (κ2) is 10.8. The van der Waals surface area contributed by atoms with Gasteiger partial charge in [-0.2, -0.15) is 4.31 Å². The van der Waals surface area contributed by atoms with Crippen molar-refractivity contribution >= 4 is 16.0 Å². The van der Waals surface area contributed by atoms with Crippen molar-refractivity contribution in [2.24, 2.45) is 0 Å². The molecule has 9 heteroatoms. The smallest absolute Gasteiger partial charge is 0.338 e. The molecule has 2 aromatic carbocycles. The second-order valence-electron chi connectivity index (χ2n) is 7.50. The Morgan fingerprint density at radius 2 is 1.62 bits per heavy atom. The van der Waals surface area contributed by atoms with E-state index in [0.717, 1.165) is 5.75 Å². The van der Waals surface area contributed by atoms with Crippen LogP contribution in [0.1, 0.15) is 31.1 Å². The van der Waals surface area contributed by atoms with Gasteiger partial charge in [0.25, 0.3) is 0 Å². The third-order valence-corrected chi connectivity index (χ3v) is 6.64. The fourth-order valence-corrected chi connectivity index (χ4v) is 5.07. The third-order valence-electron chi connectivity index (χ3n) is 4.81. The third kappa shape index (κ3) is 6.21. The molecule has 0 bridgehead atoms. The number of morpholine rings is 1. The van der Waals surface area contributed by atoms with Gasteiger partial charge in [0.2, 0.25) is 10.0 Å². The van der Waals surface area contributed by atoms with Crippen LogP contribution in [0.2, 0.25) is 0 Å². The number of ether oxygens (including phenoxy) is 4. The number of carbonyl (C=O) groups is 1. The van der Waals surface area contributed by atoms with Crippen LogP contribution in [0.3, 0.4) is 0 Å². The van der Waals surface area contributed by atoms with Gasteiger partial charge in [-0.05, 0) is 63.2 Å². The highest BCUT2D eigenvalue weighted by Gasteiger charge is 2.32. The summed E-state index contributed by atoms with van der Waals surface area (Å²) in [5.74, 6) is 0.773. The van der Waals surface area contributed by atoms with Gasteiger partial charge in [-0.25, -0.2) is 13.2 Å². The molecule has 0 aromatic heterocycles. The summed E-state index contributed by atoms with van der Waals surface area (Å²) >= 11 is 0. The molecule has 1 aliphatic heterocycles. The van der Waals surface area contributed by atoms with Crippen LogP contribution >= 0.6 is 0 Å². The highest BCUT2D eigenvalue weighted by molar-refractivity contribution is 7.89. The molecule has 32 heavy (non-hydrogen) atoms. The minimum Gasteiger partial charge on any atom is -0.494 e. The lowest BCUT2D eigenvalue weighted by Crippen LogP contribution is -2.48. The van der Waals surface area contributed by atoms with Crippen molar-refractivity contribution in [3.8, 4) is 11.5 Å². The number of hydrogen-bond donors (Lipinski definition) is 0. The molecule has 1 fully saturated rings. The Balaban J connectivity index is 1.55. The van der Waals surface area contributed by atoms with Gasteiger partial charge in [-0.3, -0.25) is 0 Å². The molecule has 2 aromatic rings. The van der Waals surface area contributed by atoms with Gasteiger partial charge in [0.1, 0.15) is 24.7 Å². The van der Waals surface area contributed by atoms with Crippen LogP contribution in [0.25, 0.3) is 0 Å². The van der Waals surface area contributed by atoms with E-state index >= 15 is 0 Å². The molecule has 1 heterocycles. The molecule has 2 atom stereocenters. The molecule has 174 valence electrons. The first kappa shape index (κ1) is 24.0. The zero-order valence-electron chi connectivity index (χ0n) is 18.5. The summed E-state index contributed by atoms with van der Waals surface area (Å²) in [5.41, 5.74) is 0.168. The molecule has 1 aliphatic rings. The molecule has 2 unspecified atom stereocenters. The maximum atomic E-state index is 13.0. The van der Waals surface area contributed by atoms with E-state index in [1.165, 1.54) is 28.6 Å². The first-order valence-corrected chi connectivity index (χ1v) is 12.0. The number of sulfonamides is 1. The summed E-state index contributed by atoms with van der Waals surface area (Å²) in [6, 6.07) is 13.0. The van der Waals surface area contributed by atoms with Crippen LogP contribution in [0, 0.1) is 0 Å². The fourth-order valence-electron chi connectivity index (χ4n) is 3.44. The molecule has 0 spiro atoms. The Hall–Kier alpha value is -2.62. The minimum absolute atomic E-state index is 0.0293. The van der Waals surface area contributed by atoms with Crippen molar-refractivity contribution in [3.63, 3.8) is 0 Å². The average Bonchev–Trinajstić information content (AvgIpc) is 2.77. The summed E-state index contributed by atoms with van der Waals surface area (Å²) in [7, 11) is -3.74. The lowest BCUT2D eigenvalue weighted by molar-refractivity contribution is -0.0440. The van der Waals surface area contributed by atoms with Crippen molar-refractivity contribution in [2.75, 3.05) is 32.9 Å². The van der Waals surface area contributed by atoms with Crippen molar-refractivity contribution < 1.29 is 32.2 Å². The largest absolute Gasteiger partial charge is 0.494 e. The number of benzene rings is 2. The number of rotatable bonds is 9. The van der Waals surface area contributed by atoms with Crippen molar-refractivity contribution in [3.05, 3.63) is 54.1 Å². The molecular weight excluding hydrogens is 434 g/mol. The van der Waals surface area contributed by atoms with E-state index < -0.39 is 16.0 Å². The SMILES string of the molecule is CCOc1ccc(OCCOC(=O)c2cccc(S(=O)(=O)N3CC(C)OC(C)C3)c2)cc1. The van der Waals surface area contributed by atoms with Gasteiger partial charge in [-0.1, -0.05) is 6.07 Å². The van der Waals surface area contributed by atoms with Gasteiger partial charge in [0, 0.05) is 13.1 Å². The Labute approximate surface area is 189 Å². The highest BCUT2D eigenvalue weighted by Crippen LogP contribution is 2.22. The standard InChI is InChI=1S/C23H29NO7S/c1-4-28-20-8-10-21(11-9-20)29-12-13-30-23(25)19-6-5-7-22(14-19)32(26,27)24-15-17(2)31-18(3)16-24/h5-11,14,17-18H,4,12-13,15-16H2,1-3H3. The molecule has 3 rings (SSSR count). The lowest BCUT2D eigenvalue weighted by atomic mass is 10.2. The van der Waals surface area contributed by atoms with Gasteiger partial charge in [0.05, 0.1) is 29.3 Å². The van der Waals surface area contributed by atoms with E-state index in [0.29, 0.717) is 12.4 Å². The van der Waals surface area contributed by atoms with Crippen molar-refractivity contribution in [1.29, 1.82) is 0 Å². The Kier molecular flexibility index (Phi) is 8.11. The molecule has 1 saturated heterocycles. The van der Waals surface area contributed by atoms with E-state index in [2.05, 4.69) is 0 Å². The first-order valence-electron chi connectivity index (χ1n) is 10.6. The van der Waals surface area contributed by atoms with E-state index in [4.69, 9.17) is 18.9 Å². The maximum absolute atomic E-state index is 13.0. The number of hydrogen-bond acceptors (Lipinski definition) is 7. The topological polar surface area (TPSA) is 91.4 Å². The van der Waals surface area contributed by atoms with Gasteiger partial charge < -0.3 is 18.9 Å². The van der Waals surface area contributed by atoms with Crippen molar-refractivity contribution in [1.82, 2.24) is 4.31 Å². The van der Waals surface area contributed by atoms with Crippen LogP contribution < -0.4 is 9.47 Å². The summed E-state index contributed by atoms with van der Waals surface area (Å²) in [5, 5.41) is 0. The quantitative estimate of drug-likeness (QED) is 0.417.